The summed E-state index contributed by atoms with van der Waals surface area (Å²) in [6.45, 7) is 6.05. The van der Waals surface area contributed by atoms with Crippen molar-refractivity contribution >= 4 is 10.0 Å². The molecule has 1 saturated heterocycles. The van der Waals surface area contributed by atoms with Crippen LogP contribution < -0.4 is 4.72 Å². The fraction of sp³-hybridized carbons (Fsp3) is 0.529. The number of benzene rings is 1. The summed E-state index contributed by atoms with van der Waals surface area (Å²) in [6, 6.07) is 4.69. The molecular formula is C17H23FN4O3S. The Morgan fingerprint density at radius 2 is 1.92 bits per heavy atom. The third kappa shape index (κ3) is 4.66. The first kappa shape index (κ1) is 18.9. The second kappa shape index (κ2) is 7.81. The summed E-state index contributed by atoms with van der Waals surface area (Å²) in [6.07, 6.45) is 1.37. The van der Waals surface area contributed by atoms with Crippen LogP contribution in [0.2, 0.25) is 0 Å². The highest BCUT2D eigenvalue weighted by molar-refractivity contribution is 7.89. The van der Waals surface area contributed by atoms with E-state index >= 15 is 0 Å². The second-order valence-corrected chi connectivity index (χ2v) is 8.54. The third-order valence-electron chi connectivity index (χ3n) is 4.39. The lowest BCUT2D eigenvalue weighted by atomic mass is 10.1. The maximum absolute atomic E-state index is 13.0. The molecule has 1 aromatic heterocycles. The summed E-state index contributed by atoms with van der Waals surface area (Å²) in [5.74, 6) is 1.04. The number of nitrogens with one attached hydrogen (secondary N) is 1. The van der Waals surface area contributed by atoms with Gasteiger partial charge in [0.25, 0.3) is 0 Å². The molecule has 0 unspecified atom stereocenters. The Kier molecular flexibility index (Phi) is 5.69. The fourth-order valence-electron chi connectivity index (χ4n) is 2.87. The van der Waals surface area contributed by atoms with Crippen LogP contribution in [-0.2, 0) is 16.6 Å². The molecular weight excluding hydrogens is 359 g/mol. The maximum Gasteiger partial charge on any atom is 0.240 e. The van der Waals surface area contributed by atoms with Gasteiger partial charge >= 0.3 is 0 Å². The topological polar surface area (TPSA) is 88.3 Å². The van der Waals surface area contributed by atoms with E-state index < -0.39 is 15.8 Å². The van der Waals surface area contributed by atoms with Gasteiger partial charge in [-0.15, -0.1) is 0 Å². The Morgan fingerprint density at radius 1 is 1.27 bits per heavy atom. The average molecular weight is 382 g/mol. The van der Waals surface area contributed by atoms with E-state index in [-0.39, 0.29) is 16.9 Å². The van der Waals surface area contributed by atoms with Crippen LogP contribution in [0.4, 0.5) is 4.39 Å². The van der Waals surface area contributed by atoms with Crippen molar-refractivity contribution in [2.75, 3.05) is 13.1 Å². The highest BCUT2D eigenvalue weighted by Crippen LogP contribution is 2.17. The summed E-state index contributed by atoms with van der Waals surface area (Å²) in [4.78, 5) is 6.61. The van der Waals surface area contributed by atoms with Crippen LogP contribution in [0.15, 0.2) is 33.7 Å². The van der Waals surface area contributed by atoms with Gasteiger partial charge in [-0.25, -0.2) is 17.5 Å². The minimum Gasteiger partial charge on any atom is -0.338 e. The zero-order valence-electron chi connectivity index (χ0n) is 14.9. The molecule has 0 atom stereocenters. The van der Waals surface area contributed by atoms with Gasteiger partial charge in [0.1, 0.15) is 5.82 Å². The number of likely N-dealkylation sites (tertiary alicyclic amines) is 1. The van der Waals surface area contributed by atoms with Gasteiger partial charge in [-0.2, -0.15) is 4.98 Å². The van der Waals surface area contributed by atoms with Crippen LogP contribution in [0.3, 0.4) is 0 Å². The van der Waals surface area contributed by atoms with Gasteiger partial charge in [0.15, 0.2) is 5.82 Å². The Bertz CT molecular complexity index is 828. The molecule has 9 heteroatoms. The number of piperidine rings is 1. The number of rotatable bonds is 6. The summed E-state index contributed by atoms with van der Waals surface area (Å²) >= 11 is 0. The van der Waals surface area contributed by atoms with Gasteiger partial charge in [0, 0.05) is 25.0 Å². The van der Waals surface area contributed by atoms with E-state index in [1.54, 1.807) is 0 Å². The van der Waals surface area contributed by atoms with Gasteiger partial charge in [0.05, 0.1) is 11.4 Å². The highest BCUT2D eigenvalue weighted by atomic mass is 32.2. The van der Waals surface area contributed by atoms with Gasteiger partial charge < -0.3 is 4.52 Å². The maximum atomic E-state index is 13.0. The van der Waals surface area contributed by atoms with Crippen molar-refractivity contribution in [1.82, 2.24) is 19.8 Å². The molecule has 1 N–H and O–H groups in total. The quantitative estimate of drug-likeness (QED) is 0.825. The first-order valence-corrected chi connectivity index (χ1v) is 10.1. The van der Waals surface area contributed by atoms with Crippen molar-refractivity contribution in [1.29, 1.82) is 0 Å². The molecule has 1 aromatic carbocycles. The normalized spacial score (nSPS) is 17.1. The van der Waals surface area contributed by atoms with Gasteiger partial charge in [0.2, 0.25) is 15.9 Å². The Hall–Kier alpha value is -1.84. The smallest absolute Gasteiger partial charge is 0.240 e. The molecule has 0 aliphatic carbocycles. The van der Waals surface area contributed by atoms with E-state index in [9.17, 15) is 12.8 Å². The van der Waals surface area contributed by atoms with E-state index in [1.807, 2.05) is 13.8 Å². The van der Waals surface area contributed by atoms with Crippen LogP contribution in [-0.4, -0.2) is 42.6 Å². The molecule has 1 fully saturated rings. The Labute approximate surface area is 152 Å². The second-order valence-electron chi connectivity index (χ2n) is 6.83. The third-order valence-corrected chi connectivity index (χ3v) is 5.93. The molecule has 2 heterocycles. The van der Waals surface area contributed by atoms with Gasteiger partial charge in [-0.1, -0.05) is 19.0 Å². The molecule has 0 saturated carbocycles. The molecule has 26 heavy (non-hydrogen) atoms. The van der Waals surface area contributed by atoms with Crippen LogP contribution in [0.25, 0.3) is 0 Å². The van der Waals surface area contributed by atoms with Crippen molar-refractivity contribution in [3.8, 4) is 0 Å². The van der Waals surface area contributed by atoms with Crippen molar-refractivity contribution in [3.05, 3.63) is 41.8 Å². The van der Waals surface area contributed by atoms with Crippen molar-refractivity contribution < 1.29 is 17.3 Å². The predicted octanol–water partition coefficient (Wildman–Crippen LogP) is 2.28. The summed E-state index contributed by atoms with van der Waals surface area (Å²) in [5.41, 5.74) is 0. The zero-order chi connectivity index (χ0) is 18.7. The number of halogens is 1. The van der Waals surface area contributed by atoms with Crippen molar-refractivity contribution in [2.24, 2.45) is 0 Å². The summed E-state index contributed by atoms with van der Waals surface area (Å²) < 4.78 is 45.7. The number of sulfonamides is 1. The SMILES string of the molecule is CC(C)c1noc(CN2CCC(NS(=O)(=O)c3ccc(F)cc3)CC2)n1. The lowest BCUT2D eigenvalue weighted by molar-refractivity contribution is 0.177. The van der Waals surface area contributed by atoms with Gasteiger partial charge in [-0.3, -0.25) is 4.90 Å². The van der Waals surface area contributed by atoms with Gasteiger partial charge in [-0.05, 0) is 37.1 Å². The number of hydrogen-bond acceptors (Lipinski definition) is 6. The highest BCUT2D eigenvalue weighted by Gasteiger charge is 2.25. The first-order chi connectivity index (χ1) is 12.3. The zero-order valence-corrected chi connectivity index (χ0v) is 15.7. The van der Waals surface area contributed by atoms with Crippen LogP contribution in [0.5, 0.6) is 0 Å². The molecule has 0 radical (unpaired) electrons. The van der Waals surface area contributed by atoms with Crippen LogP contribution >= 0.6 is 0 Å². The summed E-state index contributed by atoms with van der Waals surface area (Å²) in [7, 11) is -3.64. The molecule has 2 aromatic rings. The van der Waals surface area contributed by atoms with E-state index in [4.69, 9.17) is 4.52 Å². The largest absolute Gasteiger partial charge is 0.338 e. The molecule has 0 bridgehead atoms. The average Bonchev–Trinajstić information content (AvgIpc) is 3.06. The molecule has 7 nitrogen and oxygen atoms in total. The Balaban J connectivity index is 1.52. The van der Waals surface area contributed by atoms with Crippen LogP contribution in [0.1, 0.15) is 44.3 Å². The Morgan fingerprint density at radius 3 is 2.50 bits per heavy atom. The van der Waals surface area contributed by atoms with E-state index in [0.29, 0.717) is 31.1 Å². The first-order valence-electron chi connectivity index (χ1n) is 8.66. The molecule has 142 valence electrons. The van der Waals surface area contributed by atoms with E-state index in [0.717, 1.165) is 25.2 Å². The number of aromatic nitrogens is 2. The molecule has 1 aliphatic heterocycles. The molecule has 1 aliphatic rings. The van der Waals surface area contributed by atoms with Crippen LogP contribution in [0, 0.1) is 5.82 Å². The fourth-order valence-corrected chi connectivity index (χ4v) is 4.17. The van der Waals surface area contributed by atoms with E-state index in [2.05, 4.69) is 19.8 Å². The lowest BCUT2D eigenvalue weighted by Gasteiger charge is -2.31. The molecule has 3 rings (SSSR count). The predicted molar refractivity (Wildman–Crippen MR) is 93.4 cm³/mol. The monoisotopic (exact) mass is 382 g/mol. The van der Waals surface area contributed by atoms with Crippen molar-refractivity contribution in [2.45, 2.75) is 50.1 Å². The molecule has 0 amide bonds. The number of hydrogen-bond donors (Lipinski definition) is 1. The summed E-state index contributed by atoms with van der Waals surface area (Å²) in [5, 5.41) is 3.95. The minimum atomic E-state index is -3.64. The number of nitrogens with zero attached hydrogens (tertiary/aromatic N) is 3. The minimum absolute atomic E-state index is 0.0772. The standard InChI is InChI=1S/C17H23FN4O3S/c1-12(2)17-19-16(25-20-17)11-22-9-7-14(8-10-22)21-26(23,24)15-5-3-13(18)4-6-15/h3-6,12,14,21H,7-11H2,1-2H3. The molecule has 0 spiro atoms. The van der Waals surface area contributed by atoms with Crippen molar-refractivity contribution in [3.63, 3.8) is 0 Å². The van der Waals surface area contributed by atoms with E-state index in [1.165, 1.54) is 12.1 Å². The lowest BCUT2D eigenvalue weighted by Crippen LogP contribution is -2.44.